The van der Waals surface area contributed by atoms with E-state index in [2.05, 4.69) is 5.32 Å². The number of thioether (sulfide) groups is 1. The fourth-order valence-electron chi connectivity index (χ4n) is 2.41. The molecule has 2 aromatic rings. The number of halogens is 1. The van der Waals surface area contributed by atoms with Crippen molar-refractivity contribution in [3.05, 3.63) is 52.5 Å². The Morgan fingerprint density at radius 1 is 1.30 bits per heavy atom. The van der Waals surface area contributed by atoms with E-state index in [1.807, 2.05) is 0 Å². The second kappa shape index (κ2) is 6.64. The van der Waals surface area contributed by atoms with Crippen LogP contribution in [0.2, 0.25) is 5.02 Å². The second-order valence-corrected chi connectivity index (χ2v) is 6.52. The highest BCUT2D eigenvalue weighted by atomic mass is 35.5. The minimum atomic E-state index is -0.259. The molecule has 3 rings (SSSR count). The molecule has 0 unspecified atom stereocenters. The van der Waals surface area contributed by atoms with Crippen LogP contribution in [0.25, 0.3) is 0 Å². The fraction of sp³-hybridized carbons (Fsp3) is 0.176. The zero-order valence-corrected chi connectivity index (χ0v) is 14.0. The molecule has 2 aromatic carbocycles. The normalized spacial score (nSPS) is 13.4. The average molecular weight is 348 g/mol. The number of ketones is 1. The SMILES string of the molecule is COc1ccc(NC(=O)c2cccc3c2SCCC3=O)cc1Cl. The van der Waals surface area contributed by atoms with Gasteiger partial charge in [-0.3, -0.25) is 9.59 Å². The van der Waals surface area contributed by atoms with Gasteiger partial charge in [0, 0.05) is 28.3 Å². The maximum atomic E-state index is 12.5. The summed E-state index contributed by atoms with van der Waals surface area (Å²) in [6, 6.07) is 10.3. The van der Waals surface area contributed by atoms with Crippen LogP contribution in [0.3, 0.4) is 0 Å². The molecule has 1 heterocycles. The molecule has 118 valence electrons. The van der Waals surface area contributed by atoms with E-state index in [0.29, 0.717) is 39.8 Å². The molecular weight excluding hydrogens is 334 g/mol. The van der Waals surface area contributed by atoms with E-state index in [1.165, 1.54) is 18.9 Å². The van der Waals surface area contributed by atoms with Crippen molar-refractivity contribution in [2.24, 2.45) is 0 Å². The molecule has 0 fully saturated rings. The lowest BCUT2D eigenvalue weighted by atomic mass is 10.0. The van der Waals surface area contributed by atoms with Gasteiger partial charge in [0.1, 0.15) is 5.75 Å². The number of anilines is 1. The highest BCUT2D eigenvalue weighted by molar-refractivity contribution is 7.99. The Balaban J connectivity index is 1.88. The van der Waals surface area contributed by atoms with Gasteiger partial charge in [0.25, 0.3) is 5.91 Å². The van der Waals surface area contributed by atoms with Crippen molar-refractivity contribution >= 4 is 40.7 Å². The van der Waals surface area contributed by atoms with Gasteiger partial charge in [-0.15, -0.1) is 11.8 Å². The van der Waals surface area contributed by atoms with Crippen LogP contribution < -0.4 is 10.1 Å². The summed E-state index contributed by atoms with van der Waals surface area (Å²) in [5, 5.41) is 3.23. The van der Waals surface area contributed by atoms with E-state index < -0.39 is 0 Å². The molecule has 4 nitrogen and oxygen atoms in total. The molecule has 0 aromatic heterocycles. The van der Waals surface area contributed by atoms with Crippen LogP contribution in [0.5, 0.6) is 5.75 Å². The topological polar surface area (TPSA) is 55.4 Å². The lowest BCUT2D eigenvalue weighted by molar-refractivity contribution is 0.0984. The Hall–Kier alpha value is -1.98. The summed E-state index contributed by atoms with van der Waals surface area (Å²) >= 11 is 7.61. The number of amides is 1. The molecule has 0 aliphatic carbocycles. The van der Waals surface area contributed by atoms with Gasteiger partial charge in [-0.05, 0) is 24.3 Å². The maximum absolute atomic E-state index is 12.5. The molecule has 1 N–H and O–H groups in total. The van der Waals surface area contributed by atoms with Gasteiger partial charge < -0.3 is 10.1 Å². The van der Waals surface area contributed by atoms with E-state index in [4.69, 9.17) is 16.3 Å². The highest BCUT2D eigenvalue weighted by Crippen LogP contribution is 2.34. The molecule has 0 saturated heterocycles. The van der Waals surface area contributed by atoms with Gasteiger partial charge in [0.05, 0.1) is 17.7 Å². The maximum Gasteiger partial charge on any atom is 0.256 e. The standard InChI is InChI=1S/C17H14ClNO3S/c1-22-15-6-5-10(9-13(15)18)19-17(21)12-4-2-3-11-14(20)7-8-23-16(11)12/h2-6,9H,7-8H2,1H3,(H,19,21). The van der Waals surface area contributed by atoms with Crippen LogP contribution in [-0.2, 0) is 0 Å². The number of benzene rings is 2. The molecule has 23 heavy (non-hydrogen) atoms. The molecule has 1 amide bonds. The van der Waals surface area contributed by atoms with Crippen molar-refractivity contribution in [2.45, 2.75) is 11.3 Å². The van der Waals surface area contributed by atoms with E-state index in [9.17, 15) is 9.59 Å². The zero-order chi connectivity index (χ0) is 16.4. The number of carbonyl (C=O) groups is 2. The Kier molecular flexibility index (Phi) is 4.59. The minimum absolute atomic E-state index is 0.0842. The largest absolute Gasteiger partial charge is 0.495 e. The summed E-state index contributed by atoms with van der Waals surface area (Å²) in [7, 11) is 1.53. The van der Waals surface area contributed by atoms with Gasteiger partial charge >= 0.3 is 0 Å². The van der Waals surface area contributed by atoms with E-state index in [1.54, 1.807) is 36.4 Å². The number of fused-ring (bicyclic) bond motifs is 1. The number of nitrogens with one attached hydrogen (secondary N) is 1. The van der Waals surface area contributed by atoms with Crippen LogP contribution in [0.1, 0.15) is 27.1 Å². The van der Waals surface area contributed by atoms with E-state index in [0.717, 1.165) is 4.90 Å². The Morgan fingerprint density at radius 3 is 2.87 bits per heavy atom. The third-order valence-electron chi connectivity index (χ3n) is 3.55. The van der Waals surface area contributed by atoms with Crippen molar-refractivity contribution < 1.29 is 14.3 Å². The van der Waals surface area contributed by atoms with Gasteiger partial charge in [-0.2, -0.15) is 0 Å². The third-order valence-corrected chi connectivity index (χ3v) is 4.98. The smallest absolute Gasteiger partial charge is 0.256 e. The van der Waals surface area contributed by atoms with Crippen LogP contribution in [0.15, 0.2) is 41.3 Å². The molecule has 0 bridgehead atoms. The monoisotopic (exact) mass is 347 g/mol. The molecule has 0 radical (unpaired) electrons. The van der Waals surface area contributed by atoms with Crippen LogP contribution in [0, 0.1) is 0 Å². The third kappa shape index (κ3) is 3.21. The molecule has 0 spiro atoms. The molecule has 1 aliphatic heterocycles. The number of hydrogen-bond donors (Lipinski definition) is 1. The summed E-state index contributed by atoms with van der Waals surface area (Å²) < 4.78 is 5.09. The minimum Gasteiger partial charge on any atom is -0.495 e. The van der Waals surface area contributed by atoms with Crippen molar-refractivity contribution in [3.8, 4) is 5.75 Å². The summed E-state index contributed by atoms with van der Waals surface area (Å²) in [6.07, 6.45) is 0.511. The Bertz CT molecular complexity index is 791. The molecule has 0 saturated carbocycles. The molecule has 0 atom stereocenters. The number of hydrogen-bond acceptors (Lipinski definition) is 4. The first-order valence-electron chi connectivity index (χ1n) is 7.04. The summed E-state index contributed by atoms with van der Waals surface area (Å²) in [5.74, 6) is 1.07. The van der Waals surface area contributed by atoms with Crippen LogP contribution in [0.4, 0.5) is 5.69 Å². The number of methoxy groups -OCH3 is 1. The van der Waals surface area contributed by atoms with Gasteiger partial charge in [-0.25, -0.2) is 0 Å². The Morgan fingerprint density at radius 2 is 2.13 bits per heavy atom. The van der Waals surface area contributed by atoms with Crippen molar-refractivity contribution in [1.82, 2.24) is 0 Å². The van der Waals surface area contributed by atoms with Gasteiger partial charge in [0.15, 0.2) is 5.78 Å². The van der Waals surface area contributed by atoms with Crippen LogP contribution in [-0.4, -0.2) is 24.6 Å². The first-order chi connectivity index (χ1) is 11.1. The Labute approximate surface area is 143 Å². The molecular formula is C17H14ClNO3S. The second-order valence-electron chi connectivity index (χ2n) is 5.01. The first-order valence-corrected chi connectivity index (χ1v) is 8.40. The highest BCUT2D eigenvalue weighted by Gasteiger charge is 2.23. The quantitative estimate of drug-likeness (QED) is 0.900. The number of ether oxygens (including phenoxy) is 1. The van der Waals surface area contributed by atoms with E-state index in [-0.39, 0.29) is 11.7 Å². The lowest BCUT2D eigenvalue weighted by Gasteiger charge is -2.17. The summed E-state index contributed by atoms with van der Waals surface area (Å²) in [6.45, 7) is 0. The number of rotatable bonds is 3. The first kappa shape index (κ1) is 15.9. The van der Waals surface area contributed by atoms with Crippen molar-refractivity contribution in [2.75, 3.05) is 18.2 Å². The van der Waals surface area contributed by atoms with Crippen molar-refractivity contribution in [1.29, 1.82) is 0 Å². The predicted molar refractivity (Wildman–Crippen MR) is 92.1 cm³/mol. The van der Waals surface area contributed by atoms with Gasteiger partial charge in [0.2, 0.25) is 0 Å². The van der Waals surface area contributed by atoms with Crippen molar-refractivity contribution in [3.63, 3.8) is 0 Å². The molecule has 1 aliphatic rings. The number of carbonyl (C=O) groups excluding carboxylic acids is 2. The fourth-order valence-corrected chi connectivity index (χ4v) is 3.82. The summed E-state index contributed by atoms with van der Waals surface area (Å²) in [5.41, 5.74) is 1.71. The lowest BCUT2D eigenvalue weighted by Crippen LogP contribution is -2.17. The zero-order valence-electron chi connectivity index (χ0n) is 12.4. The van der Waals surface area contributed by atoms with Crippen LogP contribution >= 0.6 is 23.4 Å². The number of Topliss-reactive ketones (excluding diaryl/α,β-unsaturated/α-hetero) is 1. The summed E-state index contributed by atoms with van der Waals surface area (Å²) in [4.78, 5) is 25.3. The van der Waals surface area contributed by atoms with Gasteiger partial charge in [-0.1, -0.05) is 23.7 Å². The average Bonchev–Trinajstić information content (AvgIpc) is 2.55. The predicted octanol–water partition coefficient (Wildman–Crippen LogP) is 4.28. The molecule has 6 heteroatoms. The van der Waals surface area contributed by atoms with E-state index >= 15 is 0 Å².